The molecule has 0 bridgehead atoms. The van der Waals surface area contributed by atoms with Gasteiger partial charge in [0.25, 0.3) is 0 Å². The first-order chi connectivity index (χ1) is 9.29. The Labute approximate surface area is 123 Å². The van der Waals surface area contributed by atoms with Crippen LogP contribution in [0, 0.1) is 0 Å². The fourth-order valence-electron chi connectivity index (χ4n) is 2.37. The third kappa shape index (κ3) is 4.88. The summed E-state index contributed by atoms with van der Waals surface area (Å²) in [5.41, 5.74) is 1.46. The molecule has 1 aromatic rings. The fourth-order valence-corrected chi connectivity index (χ4v) is 2.64. The van der Waals surface area contributed by atoms with Gasteiger partial charge in [0.15, 0.2) is 0 Å². The summed E-state index contributed by atoms with van der Waals surface area (Å²) in [6.45, 7) is 3.06. The van der Waals surface area contributed by atoms with Gasteiger partial charge < -0.3 is 14.8 Å². The lowest BCUT2D eigenvalue weighted by Gasteiger charge is -2.36. The number of methoxy groups -OCH3 is 1. The second-order valence-corrected chi connectivity index (χ2v) is 5.89. The number of halogens is 1. The lowest BCUT2D eigenvalue weighted by atomic mass is 9.76. The van der Waals surface area contributed by atoms with E-state index in [9.17, 15) is 0 Å². The van der Waals surface area contributed by atoms with Crippen molar-refractivity contribution in [3.05, 3.63) is 34.3 Å². The minimum Gasteiger partial charge on any atom is -0.382 e. The van der Waals surface area contributed by atoms with Gasteiger partial charge in [-0.2, -0.15) is 0 Å². The van der Waals surface area contributed by atoms with Gasteiger partial charge in [0.05, 0.1) is 19.8 Å². The standard InChI is InChI=1S/C15H22BrNO2/c1-18-8-9-19-7-6-17-15-10-13(11-15)12-2-4-14(16)5-3-12/h2-5,13,15,17H,6-11H2,1H3. The van der Waals surface area contributed by atoms with Crippen molar-refractivity contribution in [2.45, 2.75) is 24.8 Å². The average molecular weight is 328 g/mol. The SMILES string of the molecule is COCCOCCNC1CC(c2ccc(Br)cc2)C1. The molecule has 0 heterocycles. The van der Waals surface area contributed by atoms with Gasteiger partial charge >= 0.3 is 0 Å². The lowest BCUT2D eigenvalue weighted by Crippen LogP contribution is -2.41. The number of hydrogen-bond donors (Lipinski definition) is 1. The number of benzene rings is 1. The van der Waals surface area contributed by atoms with Gasteiger partial charge in [0.1, 0.15) is 0 Å². The van der Waals surface area contributed by atoms with Crippen LogP contribution >= 0.6 is 15.9 Å². The summed E-state index contributed by atoms with van der Waals surface area (Å²) < 4.78 is 11.5. The monoisotopic (exact) mass is 327 g/mol. The molecule has 19 heavy (non-hydrogen) atoms. The maximum atomic E-state index is 5.42. The highest BCUT2D eigenvalue weighted by atomic mass is 79.9. The molecule has 4 heteroatoms. The van der Waals surface area contributed by atoms with Crippen LogP contribution in [0.1, 0.15) is 24.3 Å². The van der Waals surface area contributed by atoms with Crippen LogP contribution in [0.3, 0.4) is 0 Å². The Kier molecular flexibility index (Phi) is 6.31. The Hall–Kier alpha value is -0.420. The maximum Gasteiger partial charge on any atom is 0.0700 e. The van der Waals surface area contributed by atoms with Gasteiger partial charge in [-0.1, -0.05) is 28.1 Å². The van der Waals surface area contributed by atoms with E-state index in [0.717, 1.165) is 23.5 Å². The molecule has 0 amide bonds. The van der Waals surface area contributed by atoms with Crippen molar-refractivity contribution >= 4 is 15.9 Å². The summed E-state index contributed by atoms with van der Waals surface area (Å²) in [5, 5.41) is 3.53. The highest BCUT2D eigenvalue weighted by Gasteiger charge is 2.29. The molecule has 0 spiro atoms. The average Bonchev–Trinajstić information content (AvgIpc) is 2.37. The van der Waals surface area contributed by atoms with Crippen molar-refractivity contribution in [3.8, 4) is 0 Å². The summed E-state index contributed by atoms with van der Waals surface area (Å²) in [6.07, 6.45) is 2.47. The van der Waals surface area contributed by atoms with E-state index in [2.05, 4.69) is 45.5 Å². The van der Waals surface area contributed by atoms with E-state index in [-0.39, 0.29) is 0 Å². The van der Waals surface area contributed by atoms with Crippen LogP contribution in [0.15, 0.2) is 28.7 Å². The molecule has 0 radical (unpaired) electrons. The zero-order valence-corrected chi connectivity index (χ0v) is 13.0. The third-order valence-electron chi connectivity index (χ3n) is 3.59. The molecule has 1 aliphatic rings. The second kappa shape index (κ2) is 8.00. The molecule has 1 aliphatic carbocycles. The molecule has 0 aromatic heterocycles. The summed E-state index contributed by atoms with van der Waals surface area (Å²) in [6, 6.07) is 9.34. The van der Waals surface area contributed by atoms with Gasteiger partial charge in [0.2, 0.25) is 0 Å². The van der Waals surface area contributed by atoms with E-state index in [0.29, 0.717) is 19.3 Å². The zero-order chi connectivity index (χ0) is 13.5. The summed E-state index contributed by atoms with van der Waals surface area (Å²) in [7, 11) is 1.69. The van der Waals surface area contributed by atoms with E-state index in [1.165, 1.54) is 18.4 Å². The van der Waals surface area contributed by atoms with Crippen LogP contribution in [-0.4, -0.2) is 39.5 Å². The van der Waals surface area contributed by atoms with Crippen LogP contribution in [0.2, 0.25) is 0 Å². The van der Waals surface area contributed by atoms with Crippen LogP contribution in [0.4, 0.5) is 0 Å². The zero-order valence-electron chi connectivity index (χ0n) is 11.4. The van der Waals surface area contributed by atoms with Gasteiger partial charge in [-0.3, -0.25) is 0 Å². The predicted octanol–water partition coefficient (Wildman–Crippen LogP) is 2.95. The smallest absolute Gasteiger partial charge is 0.0700 e. The molecule has 0 aliphatic heterocycles. The summed E-state index contributed by atoms with van der Waals surface area (Å²) >= 11 is 3.47. The minimum atomic E-state index is 0.652. The first-order valence-corrected chi connectivity index (χ1v) is 7.64. The number of hydrogen-bond acceptors (Lipinski definition) is 3. The summed E-state index contributed by atoms with van der Waals surface area (Å²) in [4.78, 5) is 0. The van der Waals surface area contributed by atoms with Crippen molar-refractivity contribution in [2.24, 2.45) is 0 Å². The molecule has 106 valence electrons. The molecule has 1 aromatic carbocycles. The van der Waals surface area contributed by atoms with E-state index in [4.69, 9.17) is 9.47 Å². The fraction of sp³-hybridized carbons (Fsp3) is 0.600. The quantitative estimate of drug-likeness (QED) is 0.745. The number of ether oxygens (including phenoxy) is 2. The maximum absolute atomic E-state index is 5.42. The van der Waals surface area contributed by atoms with E-state index >= 15 is 0 Å². The van der Waals surface area contributed by atoms with Crippen molar-refractivity contribution in [3.63, 3.8) is 0 Å². The predicted molar refractivity (Wildman–Crippen MR) is 80.6 cm³/mol. The molecular weight excluding hydrogens is 306 g/mol. The van der Waals surface area contributed by atoms with Crippen LogP contribution in [0.5, 0.6) is 0 Å². The minimum absolute atomic E-state index is 0.652. The van der Waals surface area contributed by atoms with Crippen molar-refractivity contribution < 1.29 is 9.47 Å². The molecule has 3 nitrogen and oxygen atoms in total. The highest BCUT2D eigenvalue weighted by molar-refractivity contribution is 9.10. The van der Waals surface area contributed by atoms with Gasteiger partial charge in [-0.25, -0.2) is 0 Å². The van der Waals surface area contributed by atoms with Crippen LogP contribution in [0.25, 0.3) is 0 Å². The van der Waals surface area contributed by atoms with Crippen molar-refractivity contribution in [2.75, 3.05) is 33.5 Å². The van der Waals surface area contributed by atoms with Crippen LogP contribution < -0.4 is 5.32 Å². The topological polar surface area (TPSA) is 30.5 Å². The molecule has 0 unspecified atom stereocenters. The first-order valence-electron chi connectivity index (χ1n) is 6.85. The van der Waals surface area contributed by atoms with Gasteiger partial charge in [0, 0.05) is 24.2 Å². The summed E-state index contributed by atoms with van der Waals surface area (Å²) in [5.74, 6) is 0.722. The van der Waals surface area contributed by atoms with E-state index in [1.54, 1.807) is 7.11 Å². The molecule has 1 N–H and O–H groups in total. The first kappa shape index (κ1) is 15.0. The Balaban J connectivity index is 1.55. The third-order valence-corrected chi connectivity index (χ3v) is 4.12. The molecule has 0 atom stereocenters. The van der Waals surface area contributed by atoms with Crippen molar-refractivity contribution in [1.82, 2.24) is 5.32 Å². The number of nitrogens with one attached hydrogen (secondary N) is 1. The van der Waals surface area contributed by atoms with Crippen LogP contribution in [-0.2, 0) is 9.47 Å². The Bertz CT molecular complexity index is 363. The Morgan fingerprint density at radius 1 is 1.16 bits per heavy atom. The molecular formula is C15H22BrNO2. The van der Waals surface area contributed by atoms with Crippen molar-refractivity contribution in [1.29, 1.82) is 0 Å². The normalized spacial score (nSPS) is 22.2. The highest BCUT2D eigenvalue weighted by Crippen LogP contribution is 2.37. The Morgan fingerprint density at radius 3 is 2.58 bits per heavy atom. The lowest BCUT2D eigenvalue weighted by molar-refractivity contribution is 0.0694. The largest absolute Gasteiger partial charge is 0.382 e. The molecule has 2 rings (SSSR count). The van der Waals surface area contributed by atoms with Gasteiger partial charge in [-0.05, 0) is 36.5 Å². The van der Waals surface area contributed by atoms with E-state index in [1.807, 2.05) is 0 Å². The molecule has 1 fully saturated rings. The Morgan fingerprint density at radius 2 is 1.89 bits per heavy atom. The van der Waals surface area contributed by atoms with E-state index < -0.39 is 0 Å². The molecule has 0 saturated heterocycles. The number of rotatable bonds is 8. The van der Waals surface area contributed by atoms with Gasteiger partial charge in [-0.15, -0.1) is 0 Å². The molecule has 1 saturated carbocycles. The second-order valence-electron chi connectivity index (χ2n) is 4.98.